The van der Waals surface area contributed by atoms with E-state index < -0.39 is 0 Å². The molecule has 0 atom stereocenters. The van der Waals surface area contributed by atoms with Crippen molar-refractivity contribution in [3.63, 3.8) is 0 Å². The molecule has 0 radical (unpaired) electrons. The van der Waals surface area contributed by atoms with Gasteiger partial charge in [-0.05, 0) is 29.7 Å². The molecule has 1 heterocycles. The molecule has 1 amide bonds. The summed E-state index contributed by atoms with van der Waals surface area (Å²) < 4.78 is 12.9. The van der Waals surface area contributed by atoms with Gasteiger partial charge in [-0.1, -0.05) is 42.5 Å². The molecule has 2 aromatic carbocycles. The van der Waals surface area contributed by atoms with E-state index in [0.717, 1.165) is 25.2 Å². The predicted molar refractivity (Wildman–Crippen MR) is 110 cm³/mol. The summed E-state index contributed by atoms with van der Waals surface area (Å²) in [6.45, 7) is 4.24. The second-order valence-electron chi connectivity index (χ2n) is 7.05. The molecule has 5 nitrogen and oxygen atoms in total. The zero-order chi connectivity index (χ0) is 20.5. The number of piperazine rings is 1. The fourth-order valence-electron chi connectivity index (χ4n) is 3.30. The predicted octanol–water partition coefficient (Wildman–Crippen LogP) is 2.71. The number of carbonyl (C=O) groups excluding carboxylic acids is 1. The van der Waals surface area contributed by atoms with E-state index in [0.29, 0.717) is 26.1 Å². The molecule has 3 rings (SSSR count). The van der Waals surface area contributed by atoms with Gasteiger partial charge >= 0.3 is 0 Å². The molecule has 0 aliphatic carbocycles. The van der Waals surface area contributed by atoms with Crippen molar-refractivity contribution in [1.29, 1.82) is 5.26 Å². The third-order valence-electron chi connectivity index (χ3n) is 4.98. The molecule has 29 heavy (non-hydrogen) atoms. The van der Waals surface area contributed by atoms with E-state index in [1.54, 1.807) is 17.0 Å². The summed E-state index contributed by atoms with van der Waals surface area (Å²) in [6.07, 6.45) is 2.17. The molecule has 0 spiro atoms. The van der Waals surface area contributed by atoms with Crippen molar-refractivity contribution in [3.8, 4) is 6.07 Å². The highest BCUT2D eigenvalue weighted by molar-refractivity contribution is 5.97. The molecule has 1 saturated heterocycles. The highest BCUT2D eigenvalue weighted by Gasteiger charge is 2.23. The molecule has 1 fully saturated rings. The molecular formula is C23H25FN4O. The van der Waals surface area contributed by atoms with Gasteiger partial charge in [-0.25, -0.2) is 4.39 Å². The average Bonchev–Trinajstić information content (AvgIpc) is 2.76. The first-order valence-electron chi connectivity index (χ1n) is 9.79. The maximum absolute atomic E-state index is 12.9. The third-order valence-corrected chi connectivity index (χ3v) is 4.98. The van der Waals surface area contributed by atoms with Gasteiger partial charge in [-0.2, -0.15) is 5.26 Å². The largest absolute Gasteiger partial charge is 0.389 e. The second-order valence-corrected chi connectivity index (χ2v) is 7.05. The summed E-state index contributed by atoms with van der Waals surface area (Å²) in [4.78, 5) is 16.7. The molecule has 1 aliphatic rings. The Kier molecular flexibility index (Phi) is 7.37. The molecule has 1 aliphatic heterocycles. The molecular weight excluding hydrogens is 367 g/mol. The van der Waals surface area contributed by atoms with Crippen molar-refractivity contribution >= 4 is 5.91 Å². The smallest absolute Gasteiger partial charge is 0.266 e. The maximum Gasteiger partial charge on any atom is 0.266 e. The van der Waals surface area contributed by atoms with Gasteiger partial charge in [0.2, 0.25) is 0 Å². The van der Waals surface area contributed by atoms with Crippen LogP contribution in [0.4, 0.5) is 4.39 Å². The molecule has 0 aromatic heterocycles. The van der Waals surface area contributed by atoms with E-state index >= 15 is 0 Å². The second kappa shape index (κ2) is 10.4. The number of amides is 1. The van der Waals surface area contributed by atoms with E-state index in [9.17, 15) is 14.4 Å². The summed E-state index contributed by atoms with van der Waals surface area (Å²) in [5, 5.41) is 12.4. The van der Waals surface area contributed by atoms with Crippen LogP contribution in [0.5, 0.6) is 0 Å². The Morgan fingerprint density at radius 3 is 2.38 bits per heavy atom. The van der Waals surface area contributed by atoms with Crippen molar-refractivity contribution in [2.24, 2.45) is 0 Å². The van der Waals surface area contributed by atoms with Gasteiger partial charge in [-0.15, -0.1) is 0 Å². The van der Waals surface area contributed by atoms with Crippen LogP contribution < -0.4 is 5.32 Å². The Morgan fingerprint density at radius 1 is 1.03 bits per heavy atom. The number of nitriles is 1. The standard InChI is InChI=1S/C23H25FN4O/c24-22-8-6-19(7-9-22)10-11-26-17-21(16-25)23(29)28-14-12-27(13-15-28)18-20-4-2-1-3-5-20/h1-9,17,26H,10-15,18H2/b21-17-. The van der Waals surface area contributed by atoms with Gasteiger partial charge < -0.3 is 10.2 Å². The van der Waals surface area contributed by atoms with Crippen LogP contribution in [0.3, 0.4) is 0 Å². The van der Waals surface area contributed by atoms with Gasteiger partial charge in [0.25, 0.3) is 5.91 Å². The lowest BCUT2D eigenvalue weighted by Crippen LogP contribution is -2.48. The number of hydrogen-bond donors (Lipinski definition) is 1. The highest BCUT2D eigenvalue weighted by atomic mass is 19.1. The minimum absolute atomic E-state index is 0.112. The number of nitrogens with zero attached hydrogens (tertiary/aromatic N) is 3. The first-order chi connectivity index (χ1) is 14.2. The number of carbonyl (C=O) groups is 1. The van der Waals surface area contributed by atoms with E-state index in [-0.39, 0.29) is 17.3 Å². The SMILES string of the molecule is N#C/C(=C/NCCc1ccc(F)cc1)C(=O)N1CCN(Cc2ccccc2)CC1. The van der Waals surface area contributed by atoms with Gasteiger partial charge in [0.15, 0.2) is 0 Å². The topological polar surface area (TPSA) is 59.4 Å². The molecule has 0 bridgehead atoms. The third kappa shape index (κ3) is 6.16. The van der Waals surface area contributed by atoms with Gasteiger partial charge in [0.05, 0.1) is 0 Å². The zero-order valence-electron chi connectivity index (χ0n) is 16.4. The van der Waals surface area contributed by atoms with Crippen LogP contribution >= 0.6 is 0 Å². The van der Waals surface area contributed by atoms with Gasteiger partial charge in [0.1, 0.15) is 17.5 Å². The zero-order valence-corrected chi connectivity index (χ0v) is 16.4. The Bertz CT molecular complexity index is 866. The number of benzene rings is 2. The number of rotatable bonds is 7. The van der Waals surface area contributed by atoms with Crippen molar-refractivity contribution < 1.29 is 9.18 Å². The summed E-state index contributed by atoms with van der Waals surface area (Å²) in [5.74, 6) is -0.496. The molecule has 2 aromatic rings. The summed E-state index contributed by atoms with van der Waals surface area (Å²) >= 11 is 0. The van der Waals surface area contributed by atoms with E-state index in [1.165, 1.54) is 23.9 Å². The van der Waals surface area contributed by atoms with Crippen LogP contribution in [0, 0.1) is 17.1 Å². The Labute approximate surface area is 171 Å². The average molecular weight is 392 g/mol. The molecule has 0 saturated carbocycles. The normalized spacial score (nSPS) is 15.0. The van der Waals surface area contributed by atoms with Crippen molar-refractivity contribution in [3.05, 3.63) is 83.3 Å². The Morgan fingerprint density at radius 2 is 1.72 bits per heavy atom. The van der Waals surface area contributed by atoms with Crippen molar-refractivity contribution in [1.82, 2.24) is 15.1 Å². The summed E-state index contributed by atoms with van der Waals surface area (Å²) in [6, 6.07) is 18.6. The van der Waals surface area contributed by atoms with E-state index in [2.05, 4.69) is 22.3 Å². The first-order valence-corrected chi connectivity index (χ1v) is 9.79. The monoisotopic (exact) mass is 392 g/mol. The maximum atomic E-state index is 12.9. The van der Waals surface area contributed by atoms with Crippen LogP contribution in [-0.4, -0.2) is 48.4 Å². The fourth-order valence-corrected chi connectivity index (χ4v) is 3.30. The lowest BCUT2D eigenvalue weighted by atomic mass is 10.1. The van der Waals surface area contributed by atoms with E-state index in [4.69, 9.17) is 0 Å². The van der Waals surface area contributed by atoms with Crippen LogP contribution in [-0.2, 0) is 17.8 Å². The molecule has 0 unspecified atom stereocenters. The number of nitrogens with one attached hydrogen (secondary N) is 1. The Balaban J connectivity index is 1.45. The molecule has 6 heteroatoms. The number of halogens is 1. The van der Waals surface area contributed by atoms with Crippen LogP contribution in [0.1, 0.15) is 11.1 Å². The molecule has 150 valence electrons. The fraction of sp³-hybridized carbons (Fsp3) is 0.304. The van der Waals surface area contributed by atoms with Crippen LogP contribution in [0.2, 0.25) is 0 Å². The highest BCUT2D eigenvalue weighted by Crippen LogP contribution is 2.10. The van der Waals surface area contributed by atoms with Crippen LogP contribution in [0.15, 0.2) is 66.4 Å². The minimum atomic E-state index is -0.261. The summed E-state index contributed by atoms with van der Waals surface area (Å²) in [5.41, 5.74) is 2.36. The van der Waals surface area contributed by atoms with Crippen molar-refractivity contribution in [2.45, 2.75) is 13.0 Å². The lowest BCUT2D eigenvalue weighted by Gasteiger charge is -2.34. The lowest BCUT2D eigenvalue weighted by molar-refractivity contribution is -0.128. The van der Waals surface area contributed by atoms with Gasteiger partial charge in [0, 0.05) is 45.5 Å². The Hall–Kier alpha value is -3.17. The quantitative estimate of drug-likeness (QED) is 0.447. The first kappa shape index (κ1) is 20.6. The minimum Gasteiger partial charge on any atom is -0.389 e. The van der Waals surface area contributed by atoms with Crippen molar-refractivity contribution in [2.75, 3.05) is 32.7 Å². The van der Waals surface area contributed by atoms with E-state index in [1.807, 2.05) is 24.3 Å². The molecule has 1 N–H and O–H groups in total. The number of hydrogen-bond acceptors (Lipinski definition) is 4. The van der Waals surface area contributed by atoms with Crippen LogP contribution in [0.25, 0.3) is 0 Å². The van der Waals surface area contributed by atoms with Gasteiger partial charge in [-0.3, -0.25) is 9.69 Å². The summed E-state index contributed by atoms with van der Waals surface area (Å²) in [7, 11) is 0.